The topological polar surface area (TPSA) is 0 Å². The molecule has 0 spiro atoms. The second-order valence-corrected chi connectivity index (χ2v) is 8.45. The van der Waals surface area contributed by atoms with E-state index in [4.69, 9.17) is 0 Å². The van der Waals surface area contributed by atoms with E-state index in [2.05, 4.69) is 135 Å². The SMILES string of the molecule is Cc1cc(C=Cc2ccc3ccccc3c2)c(C)cc1C=Cc1ccc2ccccc2c1. The zero-order chi connectivity index (χ0) is 21.9. The van der Waals surface area contributed by atoms with Crippen LogP contribution in [0.15, 0.2) is 97.1 Å². The van der Waals surface area contributed by atoms with Gasteiger partial charge in [0.2, 0.25) is 0 Å². The van der Waals surface area contributed by atoms with Crippen LogP contribution in [-0.2, 0) is 0 Å². The average molecular weight is 411 g/mol. The van der Waals surface area contributed by atoms with Crippen LogP contribution in [0.5, 0.6) is 0 Å². The molecule has 0 aromatic heterocycles. The van der Waals surface area contributed by atoms with Crippen molar-refractivity contribution >= 4 is 45.8 Å². The van der Waals surface area contributed by atoms with E-state index in [1.165, 1.54) is 54.9 Å². The highest BCUT2D eigenvalue weighted by Gasteiger charge is 2.02. The van der Waals surface area contributed by atoms with Gasteiger partial charge in [-0.15, -0.1) is 0 Å². The van der Waals surface area contributed by atoms with Crippen LogP contribution in [0.4, 0.5) is 0 Å². The van der Waals surface area contributed by atoms with Crippen LogP contribution >= 0.6 is 0 Å². The highest BCUT2D eigenvalue weighted by molar-refractivity contribution is 5.87. The lowest BCUT2D eigenvalue weighted by Gasteiger charge is -2.08. The molecule has 0 aliphatic rings. The Morgan fingerprint density at radius 2 is 0.812 bits per heavy atom. The highest BCUT2D eigenvalue weighted by atomic mass is 14.1. The molecule has 5 aromatic carbocycles. The monoisotopic (exact) mass is 410 g/mol. The first-order valence-electron chi connectivity index (χ1n) is 11.1. The van der Waals surface area contributed by atoms with Gasteiger partial charge in [0.1, 0.15) is 0 Å². The summed E-state index contributed by atoms with van der Waals surface area (Å²) in [5.41, 5.74) is 7.54. The smallest absolute Gasteiger partial charge is 0.0178 e. The molecule has 154 valence electrons. The molecule has 0 N–H and O–H groups in total. The van der Waals surface area contributed by atoms with Crippen molar-refractivity contribution < 1.29 is 0 Å². The van der Waals surface area contributed by atoms with Crippen molar-refractivity contribution in [2.45, 2.75) is 13.8 Å². The van der Waals surface area contributed by atoms with Crippen LogP contribution in [0.1, 0.15) is 33.4 Å². The second-order valence-electron chi connectivity index (χ2n) is 8.45. The molecule has 0 bridgehead atoms. The molecule has 5 rings (SSSR count). The number of hydrogen-bond donors (Lipinski definition) is 0. The van der Waals surface area contributed by atoms with Gasteiger partial charge in [-0.25, -0.2) is 0 Å². The van der Waals surface area contributed by atoms with Gasteiger partial charge in [0.15, 0.2) is 0 Å². The molecule has 0 saturated carbocycles. The normalized spacial score (nSPS) is 11.8. The minimum absolute atomic E-state index is 1.22. The Morgan fingerprint density at radius 1 is 0.406 bits per heavy atom. The third-order valence-electron chi connectivity index (χ3n) is 6.11. The van der Waals surface area contributed by atoms with E-state index in [9.17, 15) is 0 Å². The first-order chi connectivity index (χ1) is 15.7. The summed E-state index contributed by atoms with van der Waals surface area (Å²) in [6.07, 6.45) is 8.87. The fourth-order valence-corrected chi connectivity index (χ4v) is 4.21. The maximum atomic E-state index is 2.28. The van der Waals surface area contributed by atoms with Gasteiger partial charge in [-0.3, -0.25) is 0 Å². The Labute approximate surface area is 190 Å². The molecule has 32 heavy (non-hydrogen) atoms. The molecule has 0 amide bonds. The Balaban J connectivity index is 1.39. The van der Waals surface area contributed by atoms with Crippen molar-refractivity contribution in [2.24, 2.45) is 0 Å². The third-order valence-corrected chi connectivity index (χ3v) is 6.11. The zero-order valence-electron chi connectivity index (χ0n) is 18.5. The quantitative estimate of drug-likeness (QED) is 0.259. The van der Waals surface area contributed by atoms with E-state index in [1.807, 2.05) is 0 Å². The summed E-state index contributed by atoms with van der Waals surface area (Å²) in [5.74, 6) is 0. The molecule has 0 radical (unpaired) electrons. The van der Waals surface area contributed by atoms with Crippen molar-refractivity contribution in [3.05, 3.63) is 130 Å². The first-order valence-corrected chi connectivity index (χ1v) is 11.1. The Morgan fingerprint density at radius 3 is 1.25 bits per heavy atom. The summed E-state index contributed by atoms with van der Waals surface area (Å²) in [5, 5.41) is 5.10. The van der Waals surface area contributed by atoms with E-state index in [-0.39, 0.29) is 0 Å². The second kappa shape index (κ2) is 8.69. The largest absolute Gasteiger partial charge is 0.0616 e. The van der Waals surface area contributed by atoms with Crippen molar-refractivity contribution in [1.29, 1.82) is 0 Å². The average Bonchev–Trinajstić information content (AvgIpc) is 2.83. The van der Waals surface area contributed by atoms with Crippen LogP contribution in [-0.4, -0.2) is 0 Å². The van der Waals surface area contributed by atoms with Crippen molar-refractivity contribution in [3.63, 3.8) is 0 Å². The van der Waals surface area contributed by atoms with Gasteiger partial charge in [-0.1, -0.05) is 109 Å². The van der Waals surface area contributed by atoms with Crippen LogP contribution in [0.2, 0.25) is 0 Å². The number of hydrogen-bond acceptors (Lipinski definition) is 0. The van der Waals surface area contributed by atoms with E-state index in [0.717, 1.165) is 0 Å². The molecule has 0 heterocycles. The summed E-state index contributed by atoms with van der Waals surface area (Å²) in [4.78, 5) is 0. The Hall–Kier alpha value is -3.90. The summed E-state index contributed by atoms with van der Waals surface area (Å²) >= 11 is 0. The van der Waals surface area contributed by atoms with Crippen molar-refractivity contribution in [2.75, 3.05) is 0 Å². The molecular formula is C32H26. The maximum absolute atomic E-state index is 2.28. The van der Waals surface area contributed by atoms with E-state index < -0.39 is 0 Å². The zero-order valence-corrected chi connectivity index (χ0v) is 18.5. The summed E-state index contributed by atoms with van der Waals surface area (Å²) in [6, 6.07) is 34.8. The summed E-state index contributed by atoms with van der Waals surface area (Å²) < 4.78 is 0. The molecule has 0 saturated heterocycles. The van der Waals surface area contributed by atoms with Gasteiger partial charge >= 0.3 is 0 Å². The third kappa shape index (κ3) is 4.26. The van der Waals surface area contributed by atoms with Gasteiger partial charge in [0.25, 0.3) is 0 Å². The van der Waals surface area contributed by atoms with Gasteiger partial charge in [-0.05, 0) is 80.9 Å². The van der Waals surface area contributed by atoms with Gasteiger partial charge in [0.05, 0.1) is 0 Å². The number of rotatable bonds is 4. The molecule has 0 fully saturated rings. The number of aryl methyl sites for hydroxylation is 2. The van der Waals surface area contributed by atoms with E-state index in [0.29, 0.717) is 0 Å². The van der Waals surface area contributed by atoms with Crippen molar-refractivity contribution in [3.8, 4) is 0 Å². The number of fused-ring (bicyclic) bond motifs is 2. The van der Waals surface area contributed by atoms with Crippen molar-refractivity contribution in [1.82, 2.24) is 0 Å². The lowest BCUT2D eigenvalue weighted by molar-refractivity contribution is 1.36. The minimum atomic E-state index is 1.22. The molecular weight excluding hydrogens is 384 g/mol. The maximum Gasteiger partial charge on any atom is -0.0178 e. The van der Waals surface area contributed by atoms with Gasteiger partial charge in [-0.2, -0.15) is 0 Å². The summed E-state index contributed by atoms with van der Waals surface area (Å²) in [7, 11) is 0. The first kappa shape index (κ1) is 20.0. The predicted molar refractivity (Wildman–Crippen MR) is 142 cm³/mol. The minimum Gasteiger partial charge on any atom is -0.0616 e. The lowest BCUT2D eigenvalue weighted by Crippen LogP contribution is -1.88. The molecule has 0 aliphatic heterocycles. The predicted octanol–water partition coefficient (Wildman–Crippen LogP) is 8.95. The lowest BCUT2D eigenvalue weighted by atomic mass is 9.98. The Kier molecular flexibility index (Phi) is 5.44. The Bertz CT molecular complexity index is 1370. The summed E-state index contributed by atoms with van der Waals surface area (Å²) in [6.45, 7) is 4.37. The van der Waals surface area contributed by atoms with E-state index >= 15 is 0 Å². The van der Waals surface area contributed by atoms with Crippen LogP contribution in [0, 0.1) is 13.8 Å². The fraction of sp³-hybridized carbons (Fsp3) is 0.0625. The van der Waals surface area contributed by atoms with E-state index in [1.54, 1.807) is 0 Å². The molecule has 0 heteroatoms. The standard InChI is InChI=1S/C32H26/c1-23-19-30(18-14-26-12-16-28-8-4-6-10-32(28)22-26)24(2)20-29(23)17-13-25-11-15-27-7-3-5-9-31(27)21-25/h3-22H,1-2H3. The fourth-order valence-electron chi connectivity index (χ4n) is 4.21. The molecule has 0 nitrogen and oxygen atoms in total. The highest BCUT2D eigenvalue weighted by Crippen LogP contribution is 2.23. The van der Waals surface area contributed by atoms with Gasteiger partial charge in [0, 0.05) is 0 Å². The molecule has 0 unspecified atom stereocenters. The van der Waals surface area contributed by atoms with Gasteiger partial charge < -0.3 is 0 Å². The molecule has 0 aliphatic carbocycles. The molecule has 0 atom stereocenters. The molecule has 5 aromatic rings. The van der Waals surface area contributed by atoms with Crippen LogP contribution in [0.3, 0.4) is 0 Å². The number of benzene rings is 5. The van der Waals surface area contributed by atoms with Crippen LogP contribution < -0.4 is 0 Å². The van der Waals surface area contributed by atoms with Crippen LogP contribution in [0.25, 0.3) is 45.8 Å².